The van der Waals surface area contributed by atoms with Crippen LogP contribution in [0.2, 0.25) is 0 Å². The van der Waals surface area contributed by atoms with Crippen molar-refractivity contribution in [3.8, 4) is 17.0 Å². The number of aromatic nitrogens is 1. The summed E-state index contributed by atoms with van der Waals surface area (Å²) < 4.78 is 0. The van der Waals surface area contributed by atoms with Gasteiger partial charge >= 0.3 is 5.97 Å². The van der Waals surface area contributed by atoms with E-state index < -0.39 is 22.8 Å². The summed E-state index contributed by atoms with van der Waals surface area (Å²) in [5.41, 5.74) is 1.07. The van der Waals surface area contributed by atoms with Crippen molar-refractivity contribution >= 4 is 11.7 Å². The molecule has 1 aromatic carbocycles. The summed E-state index contributed by atoms with van der Waals surface area (Å²) in [6, 6.07) is 7.34. The van der Waals surface area contributed by atoms with Gasteiger partial charge in [-0.3, -0.25) is 4.79 Å². The SMILES string of the molecule is CCNc1ccc(-c2[nH]c(=O)c(C(=O)O)c(O)c2CC)cc1. The average Bonchev–Trinajstić information content (AvgIpc) is 2.47. The van der Waals surface area contributed by atoms with Crippen molar-refractivity contribution in [3.63, 3.8) is 0 Å². The number of pyridine rings is 1. The molecule has 2 rings (SSSR count). The molecule has 0 saturated carbocycles. The highest BCUT2D eigenvalue weighted by molar-refractivity contribution is 5.91. The van der Waals surface area contributed by atoms with E-state index in [1.54, 1.807) is 6.92 Å². The van der Waals surface area contributed by atoms with E-state index in [-0.39, 0.29) is 0 Å². The standard InChI is InChI=1S/C16H18N2O4/c1-3-11-13(9-5-7-10(8-6-9)17-4-2)18-15(20)12(14(11)19)16(21)22/h5-8,17H,3-4H2,1-2H3,(H,21,22)(H2,18,19,20). The fourth-order valence-electron chi connectivity index (χ4n) is 2.38. The van der Waals surface area contributed by atoms with Crippen LogP contribution < -0.4 is 10.9 Å². The molecule has 0 unspecified atom stereocenters. The predicted molar refractivity (Wildman–Crippen MR) is 84.7 cm³/mol. The second-order valence-electron chi connectivity index (χ2n) is 4.80. The highest BCUT2D eigenvalue weighted by Gasteiger charge is 2.21. The Bertz CT molecular complexity index is 748. The largest absolute Gasteiger partial charge is 0.506 e. The molecule has 1 heterocycles. The van der Waals surface area contributed by atoms with E-state index in [4.69, 9.17) is 5.11 Å². The van der Waals surface area contributed by atoms with Crippen LogP contribution in [0.15, 0.2) is 29.1 Å². The zero-order valence-corrected chi connectivity index (χ0v) is 12.4. The van der Waals surface area contributed by atoms with E-state index >= 15 is 0 Å². The first-order valence-electron chi connectivity index (χ1n) is 7.05. The molecular formula is C16H18N2O4. The lowest BCUT2D eigenvalue weighted by atomic mass is 10.0. The zero-order valence-electron chi connectivity index (χ0n) is 12.4. The van der Waals surface area contributed by atoms with Gasteiger partial charge in [0.2, 0.25) is 0 Å². The van der Waals surface area contributed by atoms with Crippen molar-refractivity contribution in [2.24, 2.45) is 0 Å². The van der Waals surface area contributed by atoms with Crippen LogP contribution in [-0.4, -0.2) is 27.7 Å². The molecule has 0 amide bonds. The summed E-state index contributed by atoms with van der Waals surface area (Å²) in [4.78, 5) is 25.6. The Hall–Kier alpha value is -2.76. The summed E-state index contributed by atoms with van der Waals surface area (Å²) in [5, 5.41) is 22.3. The molecule has 1 aromatic heterocycles. The van der Waals surface area contributed by atoms with Crippen LogP contribution in [0.1, 0.15) is 29.8 Å². The second kappa shape index (κ2) is 6.34. The number of rotatable bonds is 5. The maximum Gasteiger partial charge on any atom is 0.345 e. The number of hydrogen-bond acceptors (Lipinski definition) is 4. The van der Waals surface area contributed by atoms with Gasteiger partial charge in [-0.15, -0.1) is 0 Å². The maximum absolute atomic E-state index is 11.9. The lowest BCUT2D eigenvalue weighted by Gasteiger charge is -2.12. The molecular weight excluding hydrogens is 284 g/mol. The molecule has 0 bridgehead atoms. The minimum atomic E-state index is -1.44. The molecule has 0 atom stereocenters. The van der Waals surface area contributed by atoms with E-state index in [0.717, 1.165) is 12.2 Å². The molecule has 22 heavy (non-hydrogen) atoms. The highest BCUT2D eigenvalue weighted by Crippen LogP contribution is 2.30. The van der Waals surface area contributed by atoms with Crippen molar-refractivity contribution in [2.45, 2.75) is 20.3 Å². The van der Waals surface area contributed by atoms with Gasteiger partial charge in [0.15, 0.2) is 5.56 Å². The molecule has 0 radical (unpaired) electrons. The quantitative estimate of drug-likeness (QED) is 0.679. The first kappa shape index (κ1) is 15.6. The van der Waals surface area contributed by atoms with E-state index in [2.05, 4.69) is 10.3 Å². The van der Waals surface area contributed by atoms with Crippen LogP contribution in [-0.2, 0) is 6.42 Å². The first-order valence-corrected chi connectivity index (χ1v) is 7.05. The molecule has 2 aromatic rings. The van der Waals surface area contributed by atoms with Gasteiger partial charge < -0.3 is 20.5 Å². The molecule has 0 aliphatic heterocycles. The summed E-state index contributed by atoms with van der Waals surface area (Å²) in [7, 11) is 0. The lowest BCUT2D eigenvalue weighted by Crippen LogP contribution is -2.20. The van der Waals surface area contributed by atoms with Crippen molar-refractivity contribution in [3.05, 3.63) is 45.7 Å². The van der Waals surface area contributed by atoms with Gasteiger partial charge in [0.05, 0.1) is 5.69 Å². The molecule has 0 aliphatic carbocycles. The van der Waals surface area contributed by atoms with E-state index in [1.165, 1.54) is 0 Å². The smallest absolute Gasteiger partial charge is 0.345 e. The molecule has 4 N–H and O–H groups in total. The summed E-state index contributed by atoms with van der Waals surface area (Å²) in [6.45, 7) is 4.57. The Kier molecular flexibility index (Phi) is 4.50. The maximum atomic E-state index is 11.9. The summed E-state index contributed by atoms with van der Waals surface area (Å²) in [5.74, 6) is -1.91. The van der Waals surface area contributed by atoms with Crippen LogP contribution in [0, 0.1) is 0 Å². The van der Waals surface area contributed by atoms with Crippen LogP contribution in [0.25, 0.3) is 11.3 Å². The van der Waals surface area contributed by atoms with Gasteiger partial charge in [-0.05, 0) is 31.0 Å². The number of nitrogens with one attached hydrogen (secondary N) is 2. The third-order valence-corrected chi connectivity index (χ3v) is 3.41. The molecule has 0 saturated heterocycles. The van der Waals surface area contributed by atoms with Crippen molar-refractivity contribution in [1.29, 1.82) is 0 Å². The molecule has 6 nitrogen and oxygen atoms in total. The van der Waals surface area contributed by atoms with Gasteiger partial charge in [-0.2, -0.15) is 0 Å². The van der Waals surface area contributed by atoms with Crippen LogP contribution in [0.3, 0.4) is 0 Å². The highest BCUT2D eigenvalue weighted by atomic mass is 16.4. The summed E-state index contributed by atoms with van der Waals surface area (Å²) in [6.07, 6.45) is 0.396. The molecule has 0 fully saturated rings. The third kappa shape index (κ3) is 2.81. The number of benzene rings is 1. The van der Waals surface area contributed by atoms with Crippen LogP contribution in [0.4, 0.5) is 5.69 Å². The number of carbonyl (C=O) groups is 1. The Morgan fingerprint density at radius 3 is 2.36 bits per heavy atom. The Balaban J connectivity index is 2.60. The van der Waals surface area contributed by atoms with Crippen molar-refractivity contribution < 1.29 is 15.0 Å². The number of carboxylic acids is 1. The summed E-state index contributed by atoms with van der Waals surface area (Å²) >= 11 is 0. The minimum Gasteiger partial charge on any atom is -0.506 e. The number of carboxylic acid groups (broad SMARTS) is 1. The monoisotopic (exact) mass is 302 g/mol. The second-order valence-corrected chi connectivity index (χ2v) is 4.80. The normalized spacial score (nSPS) is 10.5. The van der Waals surface area contributed by atoms with Gasteiger partial charge in [-0.25, -0.2) is 4.79 Å². The minimum absolute atomic E-state index is 0.396. The van der Waals surface area contributed by atoms with Gasteiger partial charge in [-0.1, -0.05) is 19.1 Å². The Morgan fingerprint density at radius 1 is 1.23 bits per heavy atom. The zero-order chi connectivity index (χ0) is 16.3. The third-order valence-electron chi connectivity index (χ3n) is 3.41. The Labute approximate surface area is 127 Å². The number of hydrogen-bond donors (Lipinski definition) is 4. The van der Waals surface area contributed by atoms with E-state index in [1.807, 2.05) is 31.2 Å². The predicted octanol–water partition coefficient (Wildman–Crippen LogP) is 2.44. The first-order chi connectivity index (χ1) is 10.5. The molecule has 0 spiro atoms. The number of anilines is 1. The topological polar surface area (TPSA) is 102 Å². The number of aromatic carboxylic acids is 1. The number of aromatic hydroxyl groups is 1. The average molecular weight is 302 g/mol. The number of aromatic amines is 1. The van der Waals surface area contributed by atoms with E-state index in [0.29, 0.717) is 23.2 Å². The molecule has 0 aliphatic rings. The van der Waals surface area contributed by atoms with Gasteiger partial charge in [0.1, 0.15) is 5.75 Å². The van der Waals surface area contributed by atoms with E-state index in [9.17, 15) is 14.7 Å². The van der Waals surface area contributed by atoms with Crippen LogP contribution in [0.5, 0.6) is 5.75 Å². The van der Waals surface area contributed by atoms with Gasteiger partial charge in [0.25, 0.3) is 5.56 Å². The Morgan fingerprint density at radius 2 is 1.86 bits per heavy atom. The lowest BCUT2D eigenvalue weighted by molar-refractivity contribution is 0.0691. The van der Waals surface area contributed by atoms with Crippen molar-refractivity contribution in [2.75, 3.05) is 11.9 Å². The van der Waals surface area contributed by atoms with Gasteiger partial charge in [0, 0.05) is 17.8 Å². The molecule has 116 valence electrons. The molecule has 6 heteroatoms. The number of H-pyrrole nitrogens is 1. The fraction of sp³-hybridized carbons (Fsp3) is 0.250. The fourth-order valence-corrected chi connectivity index (χ4v) is 2.38. The van der Waals surface area contributed by atoms with Crippen molar-refractivity contribution in [1.82, 2.24) is 4.98 Å². The van der Waals surface area contributed by atoms with Crippen LogP contribution >= 0.6 is 0 Å².